The average molecular weight is 270 g/mol. The summed E-state index contributed by atoms with van der Waals surface area (Å²) in [5, 5.41) is 10.5. The van der Waals surface area contributed by atoms with E-state index in [-0.39, 0.29) is 10.7 Å². The predicted octanol–water partition coefficient (Wildman–Crippen LogP) is -0.694. The first-order valence-electron chi connectivity index (χ1n) is 5.08. The van der Waals surface area contributed by atoms with Gasteiger partial charge in [-0.3, -0.25) is 4.79 Å². The number of Topliss-reactive ketones (excluding diaryl/α,β-unsaturated/α-hetero) is 1. The zero-order valence-electron chi connectivity index (χ0n) is 9.84. The normalized spacial score (nSPS) is 13.0. The molecule has 98 valence electrons. The van der Waals surface area contributed by atoms with Gasteiger partial charge in [0.05, 0.1) is 16.9 Å². The van der Waals surface area contributed by atoms with E-state index in [9.17, 15) is 23.1 Å². The zero-order chi connectivity index (χ0) is 13.9. The molecule has 0 aliphatic rings. The zero-order valence-corrected chi connectivity index (χ0v) is 10.7. The molecule has 18 heavy (non-hydrogen) atoms. The molecule has 0 fully saturated rings. The van der Waals surface area contributed by atoms with Crippen LogP contribution in [0.25, 0.3) is 0 Å². The van der Waals surface area contributed by atoms with Crippen LogP contribution in [-0.4, -0.2) is 26.2 Å². The molecule has 0 saturated heterocycles. The molecule has 1 atom stereocenters. The molecule has 1 aromatic carbocycles. The second-order valence-corrected chi connectivity index (χ2v) is 5.46. The van der Waals surface area contributed by atoms with Crippen LogP contribution in [0.2, 0.25) is 0 Å². The van der Waals surface area contributed by atoms with E-state index < -0.39 is 22.0 Å². The van der Waals surface area contributed by atoms with E-state index in [1.807, 2.05) is 4.72 Å². The SMILES string of the molecule is CC(=O)c1ccc(S(=O)(=O)N[C@H](C)C(=O)[O-])cc1. The first-order chi connectivity index (χ1) is 8.24. The molecule has 0 aromatic heterocycles. The van der Waals surface area contributed by atoms with E-state index in [2.05, 4.69) is 0 Å². The summed E-state index contributed by atoms with van der Waals surface area (Å²) in [6.45, 7) is 2.52. The lowest BCUT2D eigenvalue weighted by molar-refractivity contribution is -0.307. The number of hydrogen-bond acceptors (Lipinski definition) is 5. The maximum Gasteiger partial charge on any atom is 0.241 e. The third-order valence-corrected chi connectivity index (χ3v) is 3.81. The Morgan fingerprint density at radius 1 is 1.22 bits per heavy atom. The summed E-state index contributed by atoms with van der Waals surface area (Å²) in [4.78, 5) is 21.4. The van der Waals surface area contributed by atoms with Crippen LogP contribution in [0.3, 0.4) is 0 Å². The number of sulfonamides is 1. The molecule has 0 amide bonds. The quantitative estimate of drug-likeness (QED) is 0.713. The van der Waals surface area contributed by atoms with Gasteiger partial charge in [-0.05, 0) is 26.0 Å². The number of carboxylic acid groups (broad SMARTS) is 1. The van der Waals surface area contributed by atoms with Crippen molar-refractivity contribution in [2.24, 2.45) is 0 Å². The fourth-order valence-corrected chi connectivity index (χ4v) is 2.41. The van der Waals surface area contributed by atoms with Crippen molar-refractivity contribution in [3.63, 3.8) is 0 Å². The van der Waals surface area contributed by atoms with E-state index in [1.54, 1.807) is 0 Å². The van der Waals surface area contributed by atoms with Gasteiger partial charge in [0, 0.05) is 5.56 Å². The molecular weight excluding hydrogens is 258 g/mol. The van der Waals surface area contributed by atoms with Crippen molar-refractivity contribution in [1.29, 1.82) is 0 Å². The Morgan fingerprint density at radius 3 is 2.11 bits per heavy atom. The molecule has 7 heteroatoms. The number of carboxylic acids is 1. The monoisotopic (exact) mass is 270 g/mol. The molecule has 0 spiro atoms. The number of rotatable bonds is 5. The Bertz CT molecular complexity index is 562. The smallest absolute Gasteiger partial charge is 0.241 e. The van der Waals surface area contributed by atoms with E-state index in [1.165, 1.54) is 31.2 Å². The highest BCUT2D eigenvalue weighted by Gasteiger charge is 2.17. The fraction of sp³-hybridized carbons (Fsp3) is 0.273. The van der Waals surface area contributed by atoms with Gasteiger partial charge in [0.1, 0.15) is 0 Å². The molecule has 0 unspecified atom stereocenters. The summed E-state index contributed by atoms with van der Waals surface area (Å²) in [5.41, 5.74) is 0.377. The maximum absolute atomic E-state index is 11.7. The van der Waals surface area contributed by atoms with E-state index >= 15 is 0 Å². The summed E-state index contributed by atoms with van der Waals surface area (Å²) in [6, 6.07) is 3.87. The summed E-state index contributed by atoms with van der Waals surface area (Å²) in [6.07, 6.45) is 0. The lowest BCUT2D eigenvalue weighted by Gasteiger charge is -2.14. The molecule has 1 rings (SSSR count). The molecule has 0 bridgehead atoms. The third-order valence-electron chi connectivity index (χ3n) is 2.26. The number of ketones is 1. The van der Waals surface area contributed by atoms with E-state index in [4.69, 9.17) is 0 Å². The maximum atomic E-state index is 11.7. The van der Waals surface area contributed by atoms with Gasteiger partial charge in [-0.25, -0.2) is 13.1 Å². The summed E-state index contributed by atoms with van der Waals surface area (Å²) in [7, 11) is -3.93. The average Bonchev–Trinajstić information content (AvgIpc) is 2.28. The van der Waals surface area contributed by atoms with Crippen LogP contribution >= 0.6 is 0 Å². The number of hydrogen-bond donors (Lipinski definition) is 1. The Morgan fingerprint density at radius 2 is 1.72 bits per heavy atom. The molecule has 0 aliphatic heterocycles. The minimum absolute atomic E-state index is 0.111. The highest BCUT2D eigenvalue weighted by molar-refractivity contribution is 7.89. The molecule has 0 saturated carbocycles. The molecular formula is C11H12NO5S-. The van der Waals surface area contributed by atoms with Crippen molar-refractivity contribution in [1.82, 2.24) is 4.72 Å². The van der Waals surface area contributed by atoms with Crippen LogP contribution in [0.5, 0.6) is 0 Å². The van der Waals surface area contributed by atoms with Gasteiger partial charge in [0.25, 0.3) is 0 Å². The highest BCUT2D eigenvalue weighted by atomic mass is 32.2. The minimum atomic E-state index is -3.93. The highest BCUT2D eigenvalue weighted by Crippen LogP contribution is 2.11. The van der Waals surface area contributed by atoms with Gasteiger partial charge < -0.3 is 9.90 Å². The summed E-state index contributed by atoms with van der Waals surface area (Å²) < 4.78 is 25.4. The Kier molecular flexibility index (Phi) is 4.20. The number of nitrogens with one attached hydrogen (secondary N) is 1. The van der Waals surface area contributed by atoms with E-state index in [0.717, 1.165) is 6.92 Å². The second kappa shape index (κ2) is 5.28. The largest absolute Gasteiger partial charge is 0.548 e. The van der Waals surface area contributed by atoms with Gasteiger partial charge in [-0.2, -0.15) is 0 Å². The van der Waals surface area contributed by atoms with Gasteiger partial charge in [0.15, 0.2) is 5.78 Å². The second-order valence-electron chi connectivity index (χ2n) is 3.74. The van der Waals surface area contributed by atoms with Crippen LogP contribution < -0.4 is 9.83 Å². The number of benzene rings is 1. The van der Waals surface area contributed by atoms with Crippen molar-refractivity contribution >= 4 is 21.8 Å². The standard InChI is InChI=1S/C11H13NO5S/c1-7(11(14)15)12-18(16,17)10-5-3-9(4-6-10)8(2)13/h3-7,12H,1-2H3,(H,14,15)/p-1/t7-/m1/s1. The van der Waals surface area contributed by atoms with Crippen molar-refractivity contribution in [3.8, 4) is 0 Å². The summed E-state index contributed by atoms with van der Waals surface area (Å²) in [5.74, 6) is -1.70. The lowest BCUT2D eigenvalue weighted by atomic mass is 10.2. The lowest BCUT2D eigenvalue weighted by Crippen LogP contribution is -2.45. The van der Waals surface area contributed by atoms with Gasteiger partial charge >= 0.3 is 0 Å². The van der Waals surface area contributed by atoms with Gasteiger partial charge in [-0.15, -0.1) is 0 Å². The van der Waals surface area contributed by atoms with Crippen LogP contribution in [0.4, 0.5) is 0 Å². The van der Waals surface area contributed by atoms with Crippen molar-refractivity contribution in [2.45, 2.75) is 24.8 Å². The minimum Gasteiger partial charge on any atom is -0.548 e. The first-order valence-corrected chi connectivity index (χ1v) is 6.56. The molecule has 1 aromatic rings. The molecule has 1 N–H and O–H groups in total. The molecule has 0 heterocycles. The number of carbonyl (C=O) groups excluding carboxylic acids is 2. The molecule has 0 radical (unpaired) electrons. The van der Waals surface area contributed by atoms with Gasteiger partial charge in [-0.1, -0.05) is 12.1 Å². The van der Waals surface area contributed by atoms with Gasteiger partial charge in [0.2, 0.25) is 10.0 Å². The number of carbonyl (C=O) groups is 2. The van der Waals surface area contributed by atoms with E-state index in [0.29, 0.717) is 5.56 Å². The molecule has 6 nitrogen and oxygen atoms in total. The third kappa shape index (κ3) is 3.38. The van der Waals surface area contributed by atoms with Crippen molar-refractivity contribution < 1.29 is 23.1 Å². The topological polar surface area (TPSA) is 103 Å². The Hall–Kier alpha value is -1.73. The Balaban J connectivity index is 2.99. The van der Waals surface area contributed by atoms with Crippen LogP contribution in [0.1, 0.15) is 24.2 Å². The number of aliphatic carboxylic acids is 1. The van der Waals surface area contributed by atoms with Crippen LogP contribution in [0.15, 0.2) is 29.2 Å². The summed E-state index contributed by atoms with van der Waals surface area (Å²) >= 11 is 0. The van der Waals surface area contributed by atoms with Crippen molar-refractivity contribution in [3.05, 3.63) is 29.8 Å². The van der Waals surface area contributed by atoms with Crippen LogP contribution in [-0.2, 0) is 14.8 Å². The first kappa shape index (κ1) is 14.3. The predicted molar refractivity (Wildman–Crippen MR) is 61.2 cm³/mol. The fourth-order valence-electron chi connectivity index (χ4n) is 1.22. The molecule has 0 aliphatic carbocycles. The van der Waals surface area contributed by atoms with Crippen LogP contribution in [0, 0.1) is 0 Å². The van der Waals surface area contributed by atoms with Crippen molar-refractivity contribution in [2.75, 3.05) is 0 Å². The Labute approximate surface area is 105 Å².